The number of esters is 4. The Labute approximate surface area is 522 Å². The van der Waals surface area contributed by atoms with Crippen LogP contribution in [-0.2, 0) is 58.6 Å². The van der Waals surface area contributed by atoms with E-state index >= 15 is 0 Å². The van der Waals surface area contributed by atoms with Crippen molar-refractivity contribution in [1.82, 2.24) is 0 Å². The quantitative estimate of drug-likeness (QED) is 0.0358. The molecule has 14 heteroatoms. The summed E-state index contributed by atoms with van der Waals surface area (Å²) in [5, 5.41) is 0. The van der Waals surface area contributed by atoms with Gasteiger partial charge in [-0.2, -0.15) is 0 Å². The minimum absolute atomic E-state index is 0.00178. The lowest BCUT2D eigenvalue weighted by atomic mass is 10.1. The highest BCUT2D eigenvalue weighted by atomic mass is 16.5. The van der Waals surface area contributed by atoms with Gasteiger partial charge in [0.1, 0.15) is 74.1 Å². The third-order valence-corrected chi connectivity index (χ3v) is 13.7. The largest absolute Gasteiger partial charge is 0.489 e. The first-order valence-electron chi connectivity index (χ1n) is 28.0. The molecular weight excluding hydrogens is 1140 g/mol. The van der Waals surface area contributed by atoms with E-state index in [1.54, 1.807) is 121 Å². The van der Waals surface area contributed by atoms with Gasteiger partial charge in [-0.15, -0.1) is 12.8 Å². The maximum absolute atomic E-state index is 12.2. The Bertz CT molecular complexity index is 3810. The summed E-state index contributed by atoms with van der Waals surface area (Å²) < 4.78 is 58.5. The first-order valence-corrected chi connectivity index (χ1v) is 28.0. The fourth-order valence-corrected chi connectivity index (χ4v) is 8.74. The van der Waals surface area contributed by atoms with Crippen molar-refractivity contribution in [1.29, 1.82) is 0 Å². The van der Waals surface area contributed by atoms with Crippen LogP contribution in [0.3, 0.4) is 0 Å². The summed E-state index contributed by atoms with van der Waals surface area (Å²) >= 11 is 0. The summed E-state index contributed by atoms with van der Waals surface area (Å²) in [4.78, 5) is 48.6. The van der Waals surface area contributed by atoms with Gasteiger partial charge in [-0.05, 0) is 155 Å². The molecular formula is C76H58O14. The molecule has 0 fully saturated rings. The third-order valence-electron chi connectivity index (χ3n) is 13.7. The van der Waals surface area contributed by atoms with Crippen LogP contribution in [0.4, 0.5) is 0 Å². The Morgan fingerprint density at radius 2 is 0.533 bits per heavy atom. The van der Waals surface area contributed by atoms with Gasteiger partial charge in [0.2, 0.25) is 0 Å². The van der Waals surface area contributed by atoms with Gasteiger partial charge in [0.05, 0.1) is 61.8 Å². The Hall–Kier alpha value is -12.1. The number of carbonyl (C=O) groups excluding carboxylic acids is 4. The molecule has 90 heavy (non-hydrogen) atoms. The summed E-state index contributed by atoms with van der Waals surface area (Å²) in [6.45, 7) is 0.635. The molecule has 0 aliphatic heterocycles. The summed E-state index contributed by atoms with van der Waals surface area (Å²) in [6, 6.07) is 56.7. The van der Waals surface area contributed by atoms with Crippen molar-refractivity contribution in [2.45, 2.75) is 39.6 Å². The van der Waals surface area contributed by atoms with Gasteiger partial charge in [-0.3, -0.25) is 0 Å². The fraction of sp³-hybridized carbons (Fsp3) is 0.132. The predicted molar refractivity (Wildman–Crippen MR) is 337 cm³/mol. The van der Waals surface area contributed by atoms with E-state index in [1.165, 1.54) is 28.4 Å². The highest BCUT2D eigenvalue weighted by molar-refractivity contribution is 5.90. The van der Waals surface area contributed by atoms with Crippen LogP contribution in [0.15, 0.2) is 194 Å². The summed E-state index contributed by atoms with van der Waals surface area (Å²) in [5.74, 6) is 19.3. The fourth-order valence-electron chi connectivity index (χ4n) is 8.74. The molecule has 0 heterocycles. The number of terminal acetylenes is 2. The average Bonchev–Trinajstić information content (AvgIpc) is 2.96. The number of carbonyl (C=O) groups is 4. The zero-order chi connectivity index (χ0) is 63.2. The van der Waals surface area contributed by atoms with Crippen LogP contribution < -0.4 is 28.4 Å². The van der Waals surface area contributed by atoms with Crippen molar-refractivity contribution in [2.24, 2.45) is 0 Å². The van der Waals surface area contributed by atoms with E-state index in [9.17, 15) is 19.2 Å². The number of rotatable bonds is 22. The molecule has 0 aromatic heterocycles. The zero-order valence-corrected chi connectivity index (χ0v) is 49.6. The molecule has 0 bridgehead atoms. The molecule has 9 aromatic carbocycles. The third kappa shape index (κ3) is 17.5. The highest BCUT2D eigenvalue weighted by Crippen LogP contribution is 2.33. The van der Waals surface area contributed by atoms with E-state index in [0.717, 1.165) is 22.3 Å². The van der Waals surface area contributed by atoms with Gasteiger partial charge in [0.15, 0.2) is 0 Å². The van der Waals surface area contributed by atoms with Gasteiger partial charge >= 0.3 is 23.9 Å². The van der Waals surface area contributed by atoms with Crippen LogP contribution in [0.1, 0.15) is 108 Å². The second-order valence-corrected chi connectivity index (χ2v) is 19.9. The smallest absolute Gasteiger partial charge is 0.337 e. The van der Waals surface area contributed by atoms with Crippen LogP contribution in [0.25, 0.3) is 0 Å². The minimum Gasteiger partial charge on any atom is -0.489 e. The molecule has 0 unspecified atom stereocenters. The Morgan fingerprint density at radius 3 is 0.778 bits per heavy atom. The van der Waals surface area contributed by atoms with E-state index < -0.39 is 23.9 Å². The van der Waals surface area contributed by atoms with Crippen LogP contribution in [0.5, 0.6) is 34.5 Å². The van der Waals surface area contributed by atoms with Crippen LogP contribution in [0, 0.1) is 48.4 Å². The lowest BCUT2D eigenvalue weighted by Gasteiger charge is -2.16. The molecule has 0 radical (unpaired) electrons. The van der Waals surface area contributed by atoms with E-state index in [4.69, 9.17) is 60.2 Å². The Balaban J connectivity index is 1.06. The normalized spacial score (nSPS) is 10.2. The standard InChI is InChI=1S/C76H58O14/c1-7-51-9-13-53(14-10-51)17-35-65-41-72(90-50-60-39-69(87-47-57-23-31-63(32-24-57)75(79)83-5)44-70(40-60)88-48-58-25-33-64(34-26-58)76(80)84-6)66(36-18-54-15-11-52(8-2)12-16-54)42-71(65)89-49-59-37-67(85-45-55-19-27-61(28-20-55)73(77)81-3)43-68(38-59)86-46-56-21-29-62(30-22-56)74(78)82-4/h1-2,9-16,19-34,37-44H,45-50H2,3-6H3. The van der Waals surface area contributed by atoms with Crippen LogP contribution in [0.2, 0.25) is 0 Å². The monoisotopic (exact) mass is 1190 g/mol. The molecule has 0 N–H and O–H groups in total. The lowest BCUT2D eigenvalue weighted by molar-refractivity contribution is 0.0592. The Morgan fingerprint density at radius 1 is 0.289 bits per heavy atom. The van der Waals surface area contributed by atoms with Gasteiger partial charge < -0.3 is 47.4 Å². The van der Waals surface area contributed by atoms with Gasteiger partial charge in [0, 0.05) is 46.5 Å². The van der Waals surface area contributed by atoms with Crippen molar-refractivity contribution in [3.63, 3.8) is 0 Å². The minimum atomic E-state index is -0.450. The van der Waals surface area contributed by atoms with Gasteiger partial charge in [-0.1, -0.05) is 84.1 Å². The molecule has 0 saturated carbocycles. The molecule has 0 saturated heterocycles. The average molecular weight is 1200 g/mol. The molecule has 9 aromatic rings. The van der Waals surface area contributed by atoms with E-state index in [0.29, 0.717) is 101 Å². The van der Waals surface area contributed by atoms with E-state index in [2.05, 4.69) is 35.5 Å². The van der Waals surface area contributed by atoms with Crippen molar-refractivity contribution >= 4 is 23.9 Å². The number of ether oxygens (including phenoxy) is 10. The first kappa shape index (κ1) is 62.4. The Kier molecular flexibility index (Phi) is 21.4. The van der Waals surface area contributed by atoms with Crippen molar-refractivity contribution in [2.75, 3.05) is 28.4 Å². The molecule has 0 aliphatic carbocycles. The molecule has 0 spiro atoms. The van der Waals surface area contributed by atoms with E-state index in [-0.39, 0.29) is 39.6 Å². The molecule has 9 rings (SSSR count). The summed E-state index contributed by atoms with van der Waals surface area (Å²) in [6.07, 6.45) is 11.4. The lowest BCUT2D eigenvalue weighted by Crippen LogP contribution is -2.05. The molecule has 0 amide bonds. The number of hydrogen-bond acceptors (Lipinski definition) is 14. The maximum atomic E-state index is 12.2. The highest BCUT2D eigenvalue weighted by Gasteiger charge is 2.16. The van der Waals surface area contributed by atoms with Crippen molar-refractivity contribution in [3.8, 4) is 82.9 Å². The van der Waals surface area contributed by atoms with Crippen molar-refractivity contribution in [3.05, 3.63) is 283 Å². The van der Waals surface area contributed by atoms with Crippen LogP contribution >= 0.6 is 0 Å². The molecule has 446 valence electrons. The SMILES string of the molecule is C#Cc1ccc(C#Cc2cc(OCc3cc(OCc4ccc(C(=O)OC)cc4)cc(OCc4ccc(C(=O)OC)cc4)c3)c(C#Cc3ccc(C#C)cc3)cc2OCc2cc(OCc3ccc(C(=O)OC)cc3)cc(OCc3ccc(C(=O)OC)cc3)c2)cc1. The topological polar surface area (TPSA) is 161 Å². The molecule has 0 aliphatic rings. The number of methoxy groups -OCH3 is 4. The maximum Gasteiger partial charge on any atom is 0.337 e. The van der Waals surface area contributed by atoms with Crippen LogP contribution in [-0.4, -0.2) is 52.3 Å². The first-order chi connectivity index (χ1) is 43.9. The molecule has 0 atom stereocenters. The number of benzene rings is 9. The van der Waals surface area contributed by atoms with Crippen molar-refractivity contribution < 1.29 is 66.5 Å². The molecule has 14 nitrogen and oxygen atoms in total. The second-order valence-electron chi connectivity index (χ2n) is 19.9. The summed E-state index contributed by atoms with van der Waals surface area (Å²) in [7, 11) is 5.31. The summed E-state index contributed by atoms with van der Waals surface area (Å²) in [5.41, 5.74) is 9.87. The zero-order valence-electron chi connectivity index (χ0n) is 49.6. The van der Waals surface area contributed by atoms with E-state index in [1.807, 2.05) is 72.8 Å². The van der Waals surface area contributed by atoms with Gasteiger partial charge in [0.25, 0.3) is 0 Å². The number of hydrogen-bond donors (Lipinski definition) is 0. The van der Waals surface area contributed by atoms with Gasteiger partial charge in [-0.25, -0.2) is 19.2 Å². The predicted octanol–water partition coefficient (Wildman–Crippen LogP) is 13.1. The second kappa shape index (κ2) is 30.8.